The fourth-order valence-corrected chi connectivity index (χ4v) is 1.60. The minimum Gasteiger partial charge on any atom is -0.497 e. The molecule has 1 aromatic carbocycles. The lowest BCUT2D eigenvalue weighted by molar-refractivity contribution is 0.392. The Labute approximate surface area is 96.8 Å². The molecule has 0 radical (unpaired) electrons. The maximum absolute atomic E-state index is 5.34. The maximum atomic E-state index is 5.34. The first kappa shape index (κ1) is 12.4. The third kappa shape index (κ3) is 2.68. The van der Waals surface area contributed by atoms with Gasteiger partial charge in [0.1, 0.15) is 11.5 Å². The van der Waals surface area contributed by atoms with Gasteiger partial charge in [0.05, 0.1) is 14.2 Å². The lowest BCUT2D eigenvalue weighted by Gasteiger charge is -2.18. The first-order valence-corrected chi connectivity index (χ1v) is 5.09. The molecule has 0 saturated heterocycles. The van der Waals surface area contributed by atoms with E-state index in [1.54, 1.807) is 14.2 Å². The first-order valence-electron chi connectivity index (χ1n) is 5.09. The van der Waals surface area contributed by atoms with E-state index >= 15 is 0 Å². The van der Waals surface area contributed by atoms with Gasteiger partial charge in [0.15, 0.2) is 0 Å². The average molecular weight is 219 g/mol. The number of hydrogen-bond acceptors (Lipinski definition) is 3. The van der Waals surface area contributed by atoms with Crippen molar-refractivity contribution in [3.8, 4) is 23.8 Å². The van der Waals surface area contributed by atoms with Crippen LogP contribution in [0.25, 0.3) is 0 Å². The van der Waals surface area contributed by atoms with Gasteiger partial charge in [-0.3, -0.25) is 0 Å². The van der Waals surface area contributed by atoms with Crippen LogP contribution in [0.1, 0.15) is 18.0 Å². The predicted octanol–water partition coefficient (Wildman–Crippen LogP) is 1.99. The number of ether oxygens (including phenoxy) is 2. The molecule has 1 aromatic rings. The standard InChI is InChI=1S/C13H17NO2/c1-5-6-12(14-2)11-9-10(15-3)7-8-13(11)16-4/h1,7-9,12,14H,6H2,2-4H3. The number of nitrogens with one attached hydrogen (secondary N) is 1. The Morgan fingerprint density at radius 2 is 2.12 bits per heavy atom. The van der Waals surface area contributed by atoms with Crippen LogP contribution >= 0.6 is 0 Å². The smallest absolute Gasteiger partial charge is 0.123 e. The van der Waals surface area contributed by atoms with Gasteiger partial charge in [-0.1, -0.05) is 0 Å². The number of hydrogen-bond donors (Lipinski definition) is 1. The van der Waals surface area contributed by atoms with E-state index < -0.39 is 0 Å². The van der Waals surface area contributed by atoms with Gasteiger partial charge in [0.25, 0.3) is 0 Å². The van der Waals surface area contributed by atoms with Crippen molar-refractivity contribution in [1.82, 2.24) is 5.32 Å². The summed E-state index contributed by atoms with van der Waals surface area (Å²) in [4.78, 5) is 0. The summed E-state index contributed by atoms with van der Waals surface area (Å²) in [5.74, 6) is 4.26. The van der Waals surface area contributed by atoms with Crippen molar-refractivity contribution in [2.75, 3.05) is 21.3 Å². The minimum absolute atomic E-state index is 0.0787. The van der Waals surface area contributed by atoms with Gasteiger partial charge >= 0.3 is 0 Å². The summed E-state index contributed by atoms with van der Waals surface area (Å²) in [5.41, 5.74) is 1.02. The molecule has 1 atom stereocenters. The molecule has 1 unspecified atom stereocenters. The molecule has 0 fully saturated rings. The molecule has 16 heavy (non-hydrogen) atoms. The van der Waals surface area contributed by atoms with Crippen molar-refractivity contribution >= 4 is 0 Å². The Bertz CT molecular complexity index is 382. The number of terminal acetylenes is 1. The molecule has 0 aliphatic heterocycles. The largest absolute Gasteiger partial charge is 0.497 e. The van der Waals surface area contributed by atoms with Crippen molar-refractivity contribution in [2.45, 2.75) is 12.5 Å². The van der Waals surface area contributed by atoms with Gasteiger partial charge in [0.2, 0.25) is 0 Å². The average Bonchev–Trinajstić information content (AvgIpc) is 2.35. The molecule has 3 heteroatoms. The highest BCUT2D eigenvalue weighted by molar-refractivity contribution is 5.42. The molecule has 3 nitrogen and oxygen atoms in total. The van der Waals surface area contributed by atoms with Gasteiger partial charge in [-0.05, 0) is 25.2 Å². The Morgan fingerprint density at radius 1 is 1.38 bits per heavy atom. The summed E-state index contributed by atoms with van der Waals surface area (Å²) in [6.07, 6.45) is 5.95. The molecule has 1 N–H and O–H groups in total. The van der Waals surface area contributed by atoms with Crippen LogP contribution in [0.15, 0.2) is 18.2 Å². The highest BCUT2D eigenvalue weighted by atomic mass is 16.5. The van der Waals surface area contributed by atoms with E-state index in [2.05, 4.69) is 11.2 Å². The van der Waals surface area contributed by atoms with Crippen LogP contribution in [-0.4, -0.2) is 21.3 Å². The van der Waals surface area contributed by atoms with Gasteiger partial charge in [-0.2, -0.15) is 0 Å². The van der Waals surface area contributed by atoms with Crippen LogP contribution in [0.3, 0.4) is 0 Å². The van der Waals surface area contributed by atoms with E-state index in [9.17, 15) is 0 Å². The molecular formula is C13H17NO2. The lowest BCUT2D eigenvalue weighted by Crippen LogP contribution is -2.16. The van der Waals surface area contributed by atoms with E-state index in [-0.39, 0.29) is 6.04 Å². The van der Waals surface area contributed by atoms with Gasteiger partial charge in [-0.15, -0.1) is 12.3 Å². The summed E-state index contributed by atoms with van der Waals surface area (Å²) in [5, 5.41) is 3.17. The number of methoxy groups -OCH3 is 2. The van der Waals surface area contributed by atoms with Crippen LogP contribution in [0.2, 0.25) is 0 Å². The van der Waals surface area contributed by atoms with Crippen LogP contribution in [0.4, 0.5) is 0 Å². The van der Waals surface area contributed by atoms with Crippen LogP contribution in [0.5, 0.6) is 11.5 Å². The fourth-order valence-electron chi connectivity index (χ4n) is 1.60. The summed E-state index contributed by atoms with van der Waals surface area (Å²) >= 11 is 0. The number of rotatable bonds is 5. The van der Waals surface area contributed by atoms with Gasteiger partial charge in [-0.25, -0.2) is 0 Å². The van der Waals surface area contributed by atoms with Gasteiger partial charge < -0.3 is 14.8 Å². The molecule has 0 amide bonds. The van der Waals surface area contributed by atoms with Crippen molar-refractivity contribution in [3.05, 3.63) is 23.8 Å². The zero-order valence-corrected chi connectivity index (χ0v) is 9.91. The number of benzene rings is 1. The molecule has 0 spiro atoms. The van der Waals surface area contributed by atoms with Crippen LogP contribution in [-0.2, 0) is 0 Å². The third-order valence-corrected chi connectivity index (χ3v) is 2.48. The zero-order valence-electron chi connectivity index (χ0n) is 9.91. The van der Waals surface area contributed by atoms with E-state index in [4.69, 9.17) is 15.9 Å². The van der Waals surface area contributed by atoms with Crippen molar-refractivity contribution in [3.63, 3.8) is 0 Å². The molecule has 1 rings (SSSR count). The summed E-state index contributed by atoms with van der Waals surface area (Å²) in [7, 11) is 5.16. The van der Waals surface area contributed by atoms with E-state index in [1.165, 1.54) is 0 Å². The Morgan fingerprint density at radius 3 is 2.62 bits per heavy atom. The van der Waals surface area contributed by atoms with Gasteiger partial charge in [0, 0.05) is 18.0 Å². The zero-order chi connectivity index (χ0) is 12.0. The SMILES string of the molecule is C#CCC(NC)c1cc(OC)ccc1OC. The predicted molar refractivity (Wildman–Crippen MR) is 64.8 cm³/mol. The maximum Gasteiger partial charge on any atom is 0.123 e. The van der Waals surface area contributed by atoms with E-state index in [0.717, 1.165) is 17.1 Å². The Kier molecular flexibility index (Phi) is 4.68. The molecule has 0 saturated carbocycles. The molecule has 86 valence electrons. The van der Waals surface area contributed by atoms with E-state index in [1.807, 2.05) is 25.2 Å². The minimum atomic E-state index is 0.0787. The van der Waals surface area contributed by atoms with Crippen LogP contribution in [0, 0.1) is 12.3 Å². The molecule has 0 aliphatic rings. The second-order valence-corrected chi connectivity index (χ2v) is 3.36. The molecule has 0 aromatic heterocycles. The second-order valence-electron chi connectivity index (χ2n) is 3.36. The lowest BCUT2D eigenvalue weighted by atomic mass is 10.0. The normalized spacial score (nSPS) is 11.6. The summed E-state index contributed by atoms with van der Waals surface area (Å²) in [6.45, 7) is 0. The van der Waals surface area contributed by atoms with Crippen molar-refractivity contribution < 1.29 is 9.47 Å². The Balaban J connectivity index is 3.11. The topological polar surface area (TPSA) is 30.5 Å². The Hall–Kier alpha value is -1.66. The monoisotopic (exact) mass is 219 g/mol. The summed E-state index contributed by atoms with van der Waals surface area (Å²) < 4.78 is 10.5. The van der Waals surface area contributed by atoms with Crippen LogP contribution < -0.4 is 14.8 Å². The quantitative estimate of drug-likeness (QED) is 0.768. The third-order valence-electron chi connectivity index (χ3n) is 2.48. The molecule has 0 heterocycles. The summed E-state index contributed by atoms with van der Waals surface area (Å²) in [6, 6.07) is 5.77. The molecule has 0 aliphatic carbocycles. The van der Waals surface area contributed by atoms with Crippen molar-refractivity contribution in [1.29, 1.82) is 0 Å². The highest BCUT2D eigenvalue weighted by Gasteiger charge is 2.14. The molecule has 0 bridgehead atoms. The highest BCUT2D eigenvalue weighted by Crippen LogP contribution is 2.30. The second kappa shape index (κ2) is 6.04. The molecular weight excluding hydrogens is 202 g/mol. The van der Waals surface area contributed by atoms with E-state index in [0.29, 0.717) is 6.42 Å². The van der Waals surface area contributed by atoms with Crippen molar-refractivity contribution in [2.24, 2.45) is 0 Å². The fraction of sp³-hybridized carbons (Fsp3) is 0.385. The first-order chi connectivity index (χ1) is 7.76.